The van der Waals surface area contributed by atoms with Gasteiger partial charge in [-0.05, 0) is 51.2 Å². The van der Waals surface area contributed by atoms with Crippen molar-refractivity contribution in [2.45, 2.75) is 20.8 Å². The van der Waals surface area contributed by atoms with Gasteiger partial charge in [-0.3, -0.25) is 19.4 Å². The minimum Gasteiger partial charge on any atom is -0.308 e. The van der Waals surface area contributed by atoms with Gasteiger partial charge in [0.15, 0.2) is 5.13 Å². The third-order valence-corrected chi connectivity index (χ3v) is 6.98. The molecule has 0 saturated carbocycles. The first-order valence-corrected chi connectivity index (χ1v) is 11.5. The Morgan fingerprint density at radius 2 is 2.03 bits per heavy atom. The van der Waals surface area contributed by atoms with Gasteiger partial charge in [-0.25, -0.2) is 4.98 Å². The van der Waals surface area contributed by atoms with E-state index in [1.165, 1.54) is 30.0 Å². The van der Waals surface area contributed by atoms with E-state index in [0.29, 0.717) is 26.6 Å². The summed E-state index contributed by atoms with van der Waals surface area (Å²) in [5, 5.41) is 2.42. The molecule has 0 radical (unpaired) electrons. The number of carbonyl (C=O) groups excluding carboxylic acids is 2. The number of carbonyl (C=O) groups is 2. The predicted octanol–water partition coefficient (Wildman–Crippen LogP) is 4.21. The van der Waals surface area contributed by atoms with Crippen molar-refractivity contribution in [3.63, 3.8) is 0 Å². The van der Waals surface area contributed by atoms with Crippen LogP contribution in [-0.4, -0.2) is 58.1 Å². The van der Waals surface area contributed by atoms with Crippen molar-refractivity contribution in [3.05, 3.63) is 45.3 Å². The minimum absolute atomic E-state index is 0.0978. The quantitative estimate of drug-likeness (QED) is 0.476. The minimum atomic E-state index is -0.111. The highest BCUT2D eigenvalue weighted by molar-refractivity contribution is 8.26. The zero-order valence-electron chi connectivity index (χ0n) is 17.6. The first-order chi connectivity index (χ1) is 14.2. The van der Waals surface area contributed by atoms with E-state index in [1.54, 1.807) is 15.9 Å². The number of hydrogen-bond acceptors (Lipinski definition) is 7. The zero-order valence-corrected chi connectivity index (χ0v) is 20.1. The fraction of sp³-hybridized carbons (Fsp3) is 0.333. The van der Waals surface area contributed by atoms with Gasteiger partial charge in [0.05, 0.1) is 16.3 Å². The molecule has 1 aromatic heterocycles. The van der Waals surface area contributed by atoms with E-state index in [1.807, 2.05) is 56.4 Å². The van der Waals surface area contributed by atoms with Crippen LogP contribution in [0.25, 0.3) is 6.08 Å². The summed E-state index contributed by atoms with van der Waals surface area (Å²) in [6.45, 7) is 6.84. The molecule has 3 rings (SSSR count). The summed E-state index contributed by atoms with van der Waals surface area (Å²) in [4.78, 5) is 35.6. The molecule has 2 aromatic rings. The van der Waals surface area contributed by atoms with Crippen molar-refractivity contribution in [1.29, 1.82) is 0 Å². The fourth-order valence-corrected chi connectivity index (χ4v) is 5.09. The van der Waals surface area contributed by atoms with Gasteiger partial charge in [0.1, 0.15) is 4.32 Å². The van der Waals surface area contributed by atoms with Gasteiger partial charge in [-0.1, -0.05) is 36.1 Å². The molecule has 1 fully saturated rings. The maximum Gasteiger partial charge on any atom is 0.266 e. The molecule has 0 N–H and O–H groups in total. The smallest absolute Gasteiger partial charge is 0.266 e. The Bertz CT molecular complexity index is 1030. The summed E-state index contributed by atoms with van der Waals surface area (Å²) < 4.78 is 0.560. The number of likely N-dealkylation sites (N-methyl/N-ethyl adjacent to an activating group) is 1. The highest BCUT2D eigenvalue weighted by Crippen LogP contribution is 2.35. The lowest BCUT2D eigenvalue weighted by molar-refractivity contribution is -0.122. The standard InChI is InChI=1S/C21H24N4O2S3/c1-13-7-6-8-17(14(13)2)25(15(3)26)20-22-16(12-29-20)11-18-19(27)24(21(28)30-18)10-9-23(4)5/h6-8,11-12H,9-10H2,1-5H3/b18-11+. The molecule has 158 valence electrons. The number of nitrogens with zero attached hydrogens (tertiary/aromatic N) is 4. The van der Waals surface area contributed by atoms with Crippen LogP contribution in [0.15, 0.2) is 28.5 Å². The van der Waals surface area contributed by atoms with Gasteiger partial charge in [0.2, 0.25) is 5.91 Å². The Balaban J connectivity index is 1.86. The second-order valence-corrected chi connectivity index (χ2v) is 9.78. The molecule has 0 aliphatic carbocycles. The van der Waals surface area contributed by atoms with E-state index in [-0.39, 0.29) is 11.8 Å². The first-order valence-electron chi connectivity index (χ1n) is 9.41. The van der Waals surface area contributed by atoms with Gasteiger partial charge in [0, 0.05) is 25.4 Å². The van der Waals surface area contributed by atoms with E-state index in [2.05, 4.69) is 4.98 Å². The number of aryl methyl sites for hydroxylation is 1. The Labute approximate surface area is 190 Å². The predicted molar refractivity (Wildman–Crippen MR) is 129 cm³/mol. The van der Waals surface area contributed by atoms with Crippen LogP contribution < -0.4 is 4.90 Å². The van der Waals surface area contributed by atoms with E-state index in [9.17, 15) is 9.59 Å². The zero-order chi connectivity index (χ0) is 22.0. The van der Waals surface area contributed by atoms with Crippen LogP contribution in [0, 0.1) is 13.8 Å². The summed E-state index contributed by atoms with van der Waals surface area (Å²) in [7, 11) is 3.92. The lowest BCUT2D eigenvalue weighted by Crippen LogP contribution is -2.34. The second kappa shape index (κ2) is 9.38. The lowest BCUT2D eigenvalue weighted by Gasteiger charge is -2.21. The maximum atomic E-state index is 12.7. The van der Waals surface area contributed by atoms with Gasteiger partial charge in [-0.15, -0.1) is 11.3 Å². The molecule has 9 heteroatoms. The van der Waals surface area contributed by atoms with E-state index >= 15 is 0 Å². The number of thiazole rings is 1. The third-order valence-electron chi connectivity index (χ3n) is 4.76. The molecule has 0 unspecified atom stereocenters. The maximum absolute atomic E-state index is 12.7. The SMILES string of the molecule is CC(=O)N(c1nc(/C=C2/SC(=S)N(CCN(C)C)C2=O)cs1)c1cccc(C)c1C. The molecule has 2 heterocycles. The molecule has 6 nitrogen and oxygen atoms in total. The van der Waals surface area contributed by atoms with Crippen molar-refractivity contribution >= 4 is 68.3 Å². The summed E-state index contributed by atoms with van der Waals surface area (Å²) in [5.74, 6) is -0.209. The van der Waals surface area contributed by atoms with Crippen molar-refractivity contribution in [2.75, 3.05) is 32.1 Å². The normalized spacial score (nSPS) is 15.5. The second-order valence-electron chi connectivity index (χ2n) is 7.27. The van der Waals surface area contributed by atoms with Gasteiger partial charge in [-0.2, -0.15) is 0 Å². The van der Waals surface area contributed by atoms with E-state index in [0.717, 1.165) is 23.4 Å². The van der Waals surface area contributed by atoms with Gasteiger partial charge >= 0.3 is 0 Å². The molecular formula is C21H24N4O2S3. The average molecular weight is 461 g/mol. The molecule has 2 amide bonds. The van der Waals surface area contributed by atoms with E-state index < -0.39 is 0 Å². The molecule has 30 heavy (non-hydrogen) atoms. The number of anilines is 2. The van der Waals surface area contributed by atoms with Crippen LogP contribution in [0.4, 0.5) is 10.8 Å². The summed E-state index contributed by atoms with van der Waals surface area (Å²) >= 11 is 8.03. The number of thiocarbonyl (C=S) groups is 1. The van der Waals surface area contributed by atoms with Crippen molar-refractivity contribution in [1.82, 2.24) is 14.8 Å². The molecule has 0 bridgehead atoms. The molecule has 1 aliphatic rings. The van der Waals surface area contributed by atoms with E-state index in [4.69, 9.17) is 12.2 Å². The highest BCUT2D eigenvalue weighted by atomic mass is 32.2. The van der Waals surface area contributed by atoms with Crippen molar-refractivity contribution < 1.29 is 9.59 Å². The summed E-state index contributed by atoms with van der Waals surface area (Å²) in [5.41, 5.74) is 3.60. The topological polar surface area (TPSA) is 56.8 Å². The Morgan fingerprint density at radius 3 is 2.70 bits per heavy atom. The summed E-state index contributed by atoms with van der Waals surface area (Å²) in [6, 6.07) is 5.87. The van der Waals surface area contributed by atoms with Crippen LogP contribution >= 0.6 is 35.3 Å². The van der Waals surface area contributed by atoms with Crippen LogP contribution in [0.2, 0.25) is 0 Å². The first kappa shape index (κ1) is 22.6. The molecule has 1 saturated heterocycles. The average Bonchev–Trinajstić information content (AvgIpc) is 3.22. The largest absolute Gasteiger partial charge is 0.308 e. The number of benzene rings is 1. The highest BCUT2D eigenvalue weighted by Gasteiger charge is 2.32. The van der Waals surface area contributed by atoms with Crippen LogP contribution in [0.5, 0.6) is 0 Å². The molecule has 0 atom stereocenters. The number of rotatable bonds is 6. The summed E-state index contributed by atoms with van der Waals surface area (Å²) in [6.07, 6.45) is 1.75. The molecular weight excluding hydrogens is 436 g/mol. The number of thioether (sulfide) groups is 1. The third kappa shape index (κ3) is 4.80. The number of hydrogen-bond donors (Lipinski definition) is 0. The molecule has 1 aliphatic heterocycles. The van der Waals surface area contributed by atoms with Crippen molar-refractivity contribution in [2.24, 2.45) is 0 Å². The Hall–Kier alpha value is -2.07. The van der Waals surface area contributed by atoms with Crippen LogP contribution in [0.1, 0.15) is 23.7 Å². The van der Waals surface area contributed by atoms with Crippen LogP contribution in [0.3, 0.4) is 0 Å². The van der Waals surface area contributed by atoms with Crippen molar-refractivity contribution in [3.8, 4) is 0 Å². The van der Waals surface area contributed by atoms with Crippen LogP contribution in [-0.2, 0) is 9.59 Å². The Morgan fingerprint density at radius 1 is 1.30 bits per heavy atom. The van der Waals surface area contributed by atoms with Gasteiger partial charge < -0.3 is 4.90 Å². The Kier molecular flexibility index (Phi) is 7.07. The molecule has 0 spiro atoms. The lowest BCUT2D eigenvalue weighted by atomic mass is 10.1. The number of aromatic nitrogens is 1. The molecule has 1 aromatic carbocycles. The van der Waals surface area contributed by atoms with Gasteiger partial charge in [0.25, 0.3) is 5.91 Å². The number of amides is 2. The fourth-order valence-electron chi connectivity index (χ4n) is 2.96. The monoisotopic (exact) mass is 460 g/mol.